The minimum atomic E-state index is -3.64. The van der Waals surface area contributed by atoms with Crippen molar-refractivity contribution < 1.29 is 12.8 Å². The molecular weight excluding hydrogens is 315 g/mol. The molecule has 1 aromatic heterocycles. The molecule has 6 heteroatoms. The summed E-state index contributed by atoms with van der Waals surface area (Å²) in [5.74, 6) is -0.453. The fourth-order valence-electron chi connectivity index (χ4n) is 3.21. The van der Waals surface area contributed by atoms with E-state index in [0.717, 1.165) is 28.7 Å². The van der Waals surface area contributed by atoms with Crippen molar-refractivity contribution >= 4 is 20.9 Å². The van der Waals surface area contributed by atoms with Crippen LogP contribution in [0.15, 0.2) is 53.4 Å². The van der Waals surface area contributed by atoms with Gasteiger partial charge in [-0.15, -0.1) is 0 Å². The number of para-hydroxylation sites is 1. The molecule has 2 N–H and O–H groups in total. The van der Waals surface area contributed by atoms with Gasteiger partial charge in [-0.2, -0.15) is 0 Å². The monoisotopic (exact) mass is 330 g/mol. The van der Waals surface area contributed by atoms with Crippen molar-refractivity contribution in [3.8, 4) is 0 Å². The van der Waals surface area contributed by atoms with Crippen LogP contribution in [-0.2, 0) is 22.9 Å². The van der Waals surface area contributed by atoms with Gasteiger partial charge in [-0.3, -0.25) is 0 Å². The molecule has 0 aliphatic heterocycles. The molecule has 0 fully saturated rings. The van der Waals surface area contributed by atoms with E-state index in [4.69, 9.17) is 0 Å². The molecule has 0 saturated heterocycles. The van der Waals surface area contributed by atoms with Crippen molar-refractivity contribution in [2.75, 3.05) is 0 Å². The number of rotatable bonds is 3. The summed E-state index contributed by atoms with van der Waals surface area (Å²) >= 11 is 0. The molecule has 0 spiro atoms. The van der Waals surface area contributed by atoms with E-state index < -0.39 is 15.8 Å². The predicted molar refractivity (Wildman–Crippen MR) is 86.2 cm³/mol. The van der Waals surface area contributed by atoms with Crippen LogP contribution in [0.4, 0.5) is 4.39 Å². The number of aromatic nitrogens is 1. The number of sulfonamides is 1. The average Bonchev–Trinajstić information content (AvgIpc) is 3.04. The Kier molecular flexibility index (Phi) is 3.25. The summed E-state index contributed by atoms with van der Waals surface area (Å²) in [6, 6.07) is 12.7. The lowest BCUT2D eigenvalue weighted by molar-refractivity contribution is 0.554. The van der Waals surface area contributed by atoms with Crippen LogP contribution in [0.5, 0.6) is 0 Å². The first-order valence-corrected chi connectivity index (χ1v) is 8.87. The number of aromatic amines is 1. The van der Waals surface area contributed by atoms with Crippen molar-refractivity contribution in [1.29, 1.82) is 0 Å². The van der Waals surface area contributed by atoms with E-state index in [1.165, 1.54) is 17.7 Å². The lowest BCUT2D eigenvalue weighted by Gasteiger charge is -2.13. The fraction of sp³-hybridized carbons (Fsp3) is 0.176. The molecule has 3 aromatic rings. The highest BCUT2D eigenvalue weighted by atomic mass is 32.2. The number of nitrogens with one attached hydrogen (secondary N) is 2. The molecule has 0 saturated carbocycles. The Morgan fingerprint density at radius 2 is 1.78 bits per heavy atom. The summed E-state index contributed by atoms with van der Waals surface area (Å²) < 4.78 is 40.4. The van der Waals surface area contributed by atoms with Crippen molar-refractivity contribution in [2.24, 2.45) is 0 Å². The Bertz CT molecular complexity index is 978. The standard InChI is InChI=1S/C17H15FN2O2S/c18-11-5-7-13(8-6-11)23(21,22)20-12-9-15-14-3-1-2-4-16(14)19-17(15)10-12/h1-8,12,19-20H,9-10H2. The van der Waals surface area contributed by atoms with Crippen LogP contribution in [0.2, 0.25) is 0 Å². The van der Waals surface area contributed by atoms with Crippen LogP contribution in [0.3, 0.4) is 0 Å². The molecule has 0 bridgehead atoms. The summed E-state index contributed by atoms with van der Waals surface area (Å²) in [5, 5.41) is 1.14. The van der Waals surface area contributed by atoms with Crippen molar-refractivity contribution in [3.63, 3.8) is 0 Å². The molecule has 1 aliphatic rings. The molecule has 0 amide bonds. The molecule has 118 valence electrons. The van der Waals surface area contributed by atoms with Gasteiger partial charge in [0.25, 0.3) is 0 Å². The van der Waals surface area contributed by atoms with E-state index in [-0.39, 0.29) is 10.9 Å². The Labute approximate surface area is 133 Å². The van der Waals surface area contributed by atoms with E-state index >= 15 is 0 Å². The summed E-state index contributed by atoms with van der Waals surface area (Å²) in [4.78, 5) is 3.44. The molecule has 1 heterocycles. The number of fused-ring (bicyclic) bond motifs is 3. The first-order valence-electron chi connectivity index (χ1n) is 7.39. The molecule has 2 aromatic carbocycles. The number of hydrogen-bond donors (Lipinski definition) is 2. The van der Waals surface area contributed by atoms with Gasteiger partial charge in [-0.05, 0) is 42.3 Å². The van der Waals surface area contributed by atoms with Crippen LogP contribution in [0.25, 0.3) is 10.9 Å². The van der Waals surface area contributed by atoms with Crippen LogP contribution >= 0.6 is 0 Å². The van der Waals surface area contributed by atoms with Gasteiger partial charge in [-0.25, -0.2) is 17.5 Å². The zero-order valence-corrected chi connectivity index (χ0v) is 13.0. The Balaban J connectivity index is 1.57. The Hall–Kier alpha value is -2.18. The number of halogens is 1. The second-order valence-electron chi connectivity index (χ2n) is 5.81. The van der Waals surface area contributed by atoms with Crippen molar-refractivity contribution in [3.05, 3.63) is 65.6 Å². The molecular formula is C17H15FN2O2S. The van der Waals surface area contributed by atoms with Gasteiger partial charge in [-0.1, -0.05) is 18.2 Å². The van der Waals surface area contributed by atoms with Gasteiger partial charge in [0.2, 0.25) is 10.0 Å². The minimum Gasteiger partial charge on any atom is -0.358 e. The summed E-state index contributed by atoms with van der Waals surface area (Å²) in [6.45, 7) is 0. The maximum absolute atomic E-state index is 12.9. The highest BCUT2D eigenvalue weighted by molar-refractivity contribution is 7.89. The third kappa shape index (κ3) is 2.54. The van der Waals surface area contributed by atoms with Gasteiger partial charge in [0.05, 0.1) is 4.90 Å². The maximum Gasteiger partial charge on any atom is 0.240 e. The molecule has 4 rings (SSSR count). The van der Waals surface area contributed by atoms with Crippen molar-refractivity contribution in [2.45, 2.75) is 23.8 Å². The molecule has 1 atom stereocenters. The van der Waals surface area contributed by atoms with Crippen LogP contribution in [0.1, 0.15) is 11.3 Å². The largest absolute Gasteiger partial charge is 0.358 e. The number of H-pyrrole nitrogens is 1. The first kappa shape index (κ1) is 14.4. The first-order chi connectivity index (χ1) is 11.0. The summed E-state index contributed by atoms with van der Waals surface area (Å²) in [7, 11) is -3.64. The zero-order valence-electron chi connectivity index (χ0n) is 12.2. The van der Waals surface area contributed by atoms with Gasteiger partial charge in [0.15, 0.2) is 0 Å². The van der Waals surface area contributed by atoms with E-state index in [1.807, 2.05) is 24.3 Å². The molecule has 1 aliphatic carbocycles. The summed E-state index contributed by atoms with van der Waals surface area (Å²) in [6.07, 6.45) is 1.28. The number of hydrogen-bond acceptors (Lipinski definition) is 2. The number of benzene rings is 2. The summed E-state index contributed by atoms with van der Waals surface area (Å²) in [5.41, 5.74) is 3.34. The second kappa shape index (κ2) is 5.18. The van der Waals surface area contributed by atoms with Crippen LogP contribution < -0.4 is 4.72 Å². The molecule has 1 unspecified atom stereocenters. The average molecular weight is 330 g/mol. The fourth-order valence-corrected chi connectivity index (χ4v) is 4.45. The SMILES string of the molecule is O=S(=O)(NC1Cc2[nH]c3ccccc3c2C1)c1ccc(F)cc1. The second-order valence-corrected chi connectivity index (χ2v) is 7.52. The lowest BCUT2D eigenvalue weighted by atomic mass is 10.1. The van der Waals surface area contributed by atoms with E-state index in [9.17, 15) is 12.8 Å². The Morgan fingerprint density at radius 1 is 1.04 bits per heavy atom. The van der Waals surface area contributed by atoms with Crippen LogP contribution in [-0.4, -0.2) is 19.4 Å². The van der Waals surface area contributed by atoms with Gasteiger partial charge in [0.1, 0.15) is 5.82 Å². The van der Waals surface area contributed by atoms with Crippen molar-refractivity contribution in [1.82, 2.24) is 9.71 Å². The topological polar surface area (TPSA) is 62.0 Å². The van der Waals surface area contributed by atoms with Gasteiger partial charge >= 0.3 is 0 Å². The molecule has 4 nitrogen and oxygen atoms in total. The van der Waals surface area contributed by atoms with E-state index in [0.29, 0.717) is 12.8 Å². The zero-order chi connectivity index (χ0) is 16.0. The Morgan fingerprint density at radius 3 is 2.57 bits per heavy atom. The molecule has 23 heavy (non-hydrogen) atoms. The highest BCUT2D eigenvalue weighted by Gasteiger charge is 2.29. The van der Waals surface area contributed by atoms with E-state index in [2.05, 4.69) is 9.71 Å². The maximum atomic E-state index is 12.9. The van der Waals surface area contributed by atoms with Crippen LogP contribution in [0, 0.1) is 5.82 Å². The third-order valence-electron chi connectivity index (χ3n) is 4.25. The third-order valence-corrected chi connectivity index (χ3v) is 5.79. The lowest BCUT2D eigenvalue weighted by Crippen LogP contribution is -2.35. The minimum absolute atomic E-state index is 0.0827. The quantitative estimate of drug-likeness (QED) is 0.776. The predicted octanol–water partition coefficient (Wildman–Crippen LogP) is 2.75. The van der Waals surface area contributed by atoms with Gasteiger partial charge in [0, 0.05) is 29.1 Å². The van der Waals surface area contributed by atoms with Gasteiger partial charge < -0.3 is 4.98 Å². The highest BCUT2D eigenvalue weighted by Crippen LogP contribution is 2.30. The normalized spacial score (nSPS) is 17.5. The smallest absolute Gasteiger partial charge is 0.240 e. The molecule has 0 radical (unpaired) electrons. The van der Waals surface area contributed by atoms with E-state index in [1.54, 1.807) is 0 Å².